The van der Waals surface area contributed by atoms with E-state index in [0.717, 1.165) is 0 Å². The van der Waals surface area contributed by atoms with Crippen molar-refractivity contribution in [1.82, 2.24) is 0 Å². The molecule has 0 aromatic carbocycles. The molecule has 0 saturated heterocycles. The van der Waals surface area contributed by atoms with Crippen LogP contribution in [0.25, 0.3) is 0 Å². The zero-order chi connectivity index (χ0) is 9.72. The number of ether oxygens (including phenoxy) is 1. The molecule has 0 spiro atoms. The smallest absolute Gasteiger partial charge is 0.364 e. The lowest BCUT2D eigenvalue weighted by molar-refractivity contribution is -0.142. The minimum absolute atomic E-state index is 0.339. The fourth-order valence-electron chi connectivity index (χ4n) is 0.521. The van der Waals surface area contributed by atoms with Gasteiger partial charge in [-0.3, -0.25) is 0 Å². The van der Waals surface area contributed by atoms with E-state index >= 15 is 0 Å². The molecule has 68 valence electrons. The molecule has 0 saturated carbocycles. The van der Waals surface area contributed by atoms with Gasteiger partial charge in [0.1, 0.15) is 5.76 Å². The summed E-state index contributed by atoms with van der Waals surface area (Å²) in [5.41, 5.74) is -0.580. The second kappa shape index (κ2) is 4.48. The van der Waals surface area contributed by atoms with Crippen molar-refractivity contribution in [2.24, 2.45) is 5.18 Å². The number of nitrogens with zero attached hydrogens (tertiary/aromatic N) is 1. The summed E-state index contributed by atoms with van der Waals surface area (Å²) in [6.07, 6.45) is -0.339. The molecule has 0 heterocycles. The van der Waals surface area contributed by atoms with Gasteiger partial charge in [0, 0.05) is 0 Å². The molecule has 0 radical (unpaired) electrons. The van der Waals surface area contributed by atoms with Gasteiger partial charge in [-0.1, -0.05) is 0 Å². The van der Waals surface area contributed by atoms with Crippen LogP contribution in [0.3, 0.4) is 0 Å². The largest absolute Gasteiger partial charge is 0.510 e. The van der Waals surface area contributed by atoms with Crippen molar-refractivity contribution < 1.29 is 14.6 Å². The Morgan fingerprint density at radius 3 is 2.25 bits per heavy atom. The second-order valence-corrected chi connectivity index (χ2v) is 2.48. The number of nitroso groups, excluding NO2 is 1. The molecule has 0 fully saturated rings. The Morgan fingerprint density at radius 2 is 2.00 bits per heavy atom. The second-order valence-electron chi connectivity index (χ2n) is 2.48. The SMILES string of the molecule is C/C(O)=C(\N=O)C(=O)OC(C)C. The van der Waals surface area contributed by atoms with E-state index in [1.54, 1.807) is 13.8 Å². The van der Waals surface area contributed by atoms with Gasteiger partial charge in [0.25, 0.3) is 0 Å². The normalized spacial score (nSPS) is 12.3. The van der Waals surface area contributed by atoms with Crippen LogP contribution in [0.1, 0.15) is 20.8 Å². The standard InChI is InChI=1S/C7H11NO4/c1-4(2)12-7(10)6(8-11)5(3)9/h4,9H,1-3H3/b6-5+. The molecule has 0 aliphatic heterocycles. The van der Waals surface area contributed by atoms with Gasteiger partial charge in [-0.2, -0.15) is 0 Å². The molecule has 0 aliphatic rings. The number of esters is 1. The van der Waals surface area contributed by atoms with Crippen LogP contribution in [0, 0.1) is 4.91 Å². The Balaban J connectivity index is 4.46. The molecule has 0 aliphatic carbocycles. The maximum atomic E-state index is 10.9. The Bertz CT molecular complexity index is 215. The summed E-state index contributed by atoms with van der Waals surface area (Å²) in [5.74, 6) is -1.34. The molecular weight excluding hydrogens is 162 g/mol. The predicted octanol–water partition coefficient (Wildman–Crippen LogP) is 1.49. The summed E-state index contributed by atoms with van der Waals surface area (Å²) in [6, 6.07) is 0. The number of hydrogen-bond acceptors (Lipinski definition) is 5. The van der Waals surface area contributed by atoms with Crippen LogP contribution in [0.4, 0.5) is 0 Å². The van der Waals surface area contributed by atoms with Gasteiger partial charge in [0.15, 0.2) is 0 Å². The number of hydrogen-bond donors (Lipinski definition) is 1. The van der Waals surface area contributed by atoms with E-state index in [2.05, 4.69) is 9.91 Å². The van der Waals surface area contributed by atoms with Crippen molar-refractivity contribution in [2.75, 3.05) is 0 Å². The maximum absolute atomic E-state index is 10.9. The van der Waals surface area contributed by atoms with E-state index in [1.807, 2.05) is 0 Å². The molecule has 1 N–H and O–H groups in total. The van der Waals surface area contributed by atoms with Crippen LogP contribution in [0.5, 0.6) is 0 Å². The van der Waals surface area contributed by atoms with E-state index < -0.39 is 17.4 Å². The van der Waals surface area contributed by atoms with Gasteiger partial charge < -0.3 is 9.84 Å². The minimum Gasteiger partial charge on any atom is -0.510 e. The van der Waals surface area contributed by atoms with E-state index in [9.17, 15) is 9.70 Å². The third-order valence-corrected chi connectivity index (χ3v) is 0.970. The lowest BCUT2D eigenvalue weighted by Gasteiger charge is -2.06. The van der Waals surface area contributed by atoms with Crippen LogP contribution in [0.2, 0.25) is 0 Å². The minimum atomic E-state index is -0.903. The van der Waals surface area contributed by atoms with Gasteiger partial charge in [-0.25, -0.2) is 4.79 Å². The van der Waals surface area contributed by atoms with Gasteiger partial charge in [0.05, 0.1) is 6.10 Å². The highest BCUT2D eigenvalue weighted by atomic mass is 16.5. The van der Waals surface area contributed by atoms with E-state index in [-0.39, 0.29) is 6.10 Å². The van der Waals surface area contributed by atoms with E-state index in [0.29, 0.717) is 0 Å². The molecule has 0 aromatic rings. The maximum Gasteiger partial charge on any atom is 0.364 e. The number of aliphatic hydroxyl groups excluding tert-OH is 1. The lowest BCUT2D eigenvalue weighted by Crippen LogP contribution is -2.13. The zero-order valence-electron chi connectivity index (χ0n) is 7.20. The van der Waals surface area contributed by atoms with Crippen LogP contribution in [0.15, 0.2) is 16.6 Å². The van der Waals surface area contributed by atoms with Crippen molar-refractivity contribution in [1.29, 1.82) is 0 Å². The molecule has 0 rings (SSSR count). The Hall–Kier alpha value is -1.39. The Morgan fingerprint density at radius 1 is 1.50 bits per heavy atom. The number of rotatable bonds is 3. The summed E-state index contributed by atoms with van der Waals surface area (Å²) in [7, 11) is 0. The molecule has 0 aromatic heterocycles. The van der Waals surface area contributed by atoms with Crippen molar-refractivity contribution in [3.63, 3.8) is 0 Å². The fraction of sp³-hybridized carbons (Fsp3) is 0.571. The third-order valence-electron chi connectivity index (χ3n) is 0.970. The first-order chi connectivity index (χ1) is 5.49. The lowest BCUT2D eigenvalue weighted by atomic mass is 10.4. The summed E-state index contributed by atoms with van der Waals surface area (Å²) in [4.78, 5) is 20.9. The first kappa shape index (κ1) is 10.6. The van der Waals surface area contributed by atoms with Crippen LogP contribution in [-0.2, 0) is 9.53 Å². The molecule has 0 unspecified atom stereocenters. The van der Waals surface area contributed by atoms with Crippen LogP contribution >= 0.6 is 0 Å². The average Bonchev–Trinajstić information content (AvgIpc) is 1.85. The Labute approximate surface area is 70.0 Å². The number of aliphatic hydroxyl groups is 1. The van der Waals surface area contributed by atoms with E-state index in [1.165, 1.54) is 6.92 Å². The predicted molar refractivity (Wildman–Crippen MR) is 42.4 cm³/mol. The molecule has 5 heteroatoms. The van der Waals surface area contributed by atoms with Crippen molar-refractivity contribution >= 4 is 5.97 Å². The first-order valence-electron chi connectivity index (χ1n) is 3.43. The molecule has 12 heavy (non-hydrogen) atoms. The highest BCUT2D eigenvalue weighted by Crippen LogP contribution is 2.06. The summed E-state index contributed by atoms with van der Waals surface area (Å²) >= 11 is 0. The zero-order valence-corrected chi connectivity index (χ0v) is 7.20. The Kier molecular flexibility index (Phi) is 3.96. The summed E-state index contributed by atoms with van der Waals surface area (Å²) in [5, 5.41) is 11.1. The molecular formula is C7H11NO4. The molecule has 0 atom stereocenters. The van der Waals surface area contributed by atoms with Crippen LogP contribution in [-0.4, -0.2) is 17.2 Å². The third kappa shape index (κ3) is 3.14. The molecule has 0 amide bonds. The van der Waals surface area contributed by atoms with Gasteiger partial charge in [-0.15, -0.1) is 4.91 Å². The average molecular weight is 173 g/mol. The fourth-order valence-corrected chi connectivity index (χ4v) is 0.521. The van der Waals surface area contributed by atoms with Gasteiger partial charge in [-0.05, 0) is 25.9 Å². The number of carbonyl (C=O) groups excluding carboxylic acids is 1. The molecule has 5 nitrogen and oxygen atoms in total. The monoisotopic (exact) mass is 173 g/mol. The topological polar surface area (TPSA) is 76.0 Å². The highest BCUT2D eigenvalue weighted by molar-refractivity contribution is 5.88. The van der Waals surface area contributed by atoms with Crippen molar-refractivity contribution in [3.8, 4) is 0 Å². The number of allylic oxidation sites excluding steroid dienone is 1. The summed E-state index contributed by atoms with van der Waals surface area (Å²) in [6.45, 7) is 4.46. The highest BCUT2D eigenvalue weighted by Gasteiger charge is 2.16. The molecule has 0 bridgehead atoms. The number of carbonyl (C=O) groups is 1. The quantitative estimate of drug-likeness (QED) is 0.303. The van der Waals surface area contributed by atoms with E-state index in [4.69, 9.17) is 5.11 Å². The van der Waals surface area contributed by atoms with Crippen molar-refractivity contribution in [2.45, 2.75) is 26.9 Å². The van der Waals surface area contributed by atoms with Gasteiger partial charge in [0.2, 0.25) is 5.70 Å². The van der Waals surface area contributed by atoms with Gasteiger partial charge >= 0.3 is 5.97 Å². The van der Waals surface area contributed by atoms with Crippen molar-refractivity contribution in [3.05, 3.63) is 16.4 Å². The first-order valence-corrected chi connectivity index (χ1v) is 3.43. The van der Waals surface area contributed by atoms with Crippen LogP contribution < -0.4 is 0 Å². The summed E-state index contributed by atoms with van der Waals surface area (Å²) < 4.78 is 4.61.